The number of hydrogen-bond donors (Lipinski definition) is 0. The van der Waals surface area contributed by atoms with Crippen LogP contribution in [-0.2, 0) is 10.0 Å². The Hall–Kier alpha value is -1.11. The Bertz CT molecular complexity index is 566. The average Bonchev–Trinajstić information content (AvgIpc) is 2.54. The van der Waals surface area contributed by atoms with Crippen LogP contribution in [0.3, 0.4) is 0 Å². The summed E-state index contributed by atoms with van der Waals surface area (Å²) in [5, 5.41) is 0. The zero-order chi connectivity index (χ0) is 15.5. The lowest BCUT2D eigenvalue weighted by molar-refractivity contribution is 0.144. The number of piperazine rings is 1. The molecule has 1 fully saturated rings. The van der Waals surface area contributed by atoms with Gasteiger partial charge < -0.3 is 4.74 Å². The molecule has 1 aromatic rings. The zero-order valence-corrected chi connectivity index (χ0v) is 13.8. The van der Waals surface area contributed by atoms with Crippen molar-refractivity contribution < 1.29 is 13.2 Å². The van der Waals surface area contributed by atoms with Crippen molar-refractivity contribution in [1.29, 1.82) is 0 Å². The van der Waals surface area contributed by atoms with Crippen LogP contribution >= 0.6 is 0 Å². The molecule has 118 valence electrons. The molecule has 21 heavy (non-hydrogen) atoms. The molecule has 0 N–H and O–H groups in total. The van der Waals surface area contributed by atoms with Gasteiger partial charge >= 0.3 is 0 Å². The predicted molar refractivity (Wildman–Crippen MR) is 84.0 cm³/mol. The third-order valence-corrected chi connectivity index (χ3v) is 6.05. The van der Waals surface area contributed by atoms with E-state index in [0.29, 0.717) is 13.1 Å². The van der Waals surface area contributed by atoms with Crippen LogP contribution in [0.4, 0.5) is 0 Å². The van der Waals surface area contributed by atoms with Gasteiger partial charge in [-0.3, -0.25) is 4.90 Å². The summed E-state index contributed by atoms with van der Waals surface area (Å²) >= 11 is 0. The normalized spacial score (nSPS) is 19.4. The van der Waals surface area contributed by atoms with Crippen molar-refractivity contribution in [3.05, 3.63) is 29.8 Å². The number of rotatable bonds is 5. The summed E-state index contributed by atoms with van der Waals surface area (Å²) in [7, 11) is -1.39. The molecule has 1 atom stereocenters. The van der Waals surface area contributed by atoms with Crippen molar-refractivity contribution in [1.82, 2.24) is 9.21 Å². The maximum atomic E-state index is 11.9. The quantitative estimate of drug-likeness (QED) is 0.831. The fraction of sp³-hybridized carbons (Fsp3) is 0.600. The van der Waals surface area contributed by atoms with Gasteiger partial charge in [-0.25, -0.2) is 8.42 Å². The second-order valence-corrected chi connectivity index (χ2v) is 7.51. The second kappa shape index (κ2) is 6.77. The van der Waals surface area contributed by atoms with Crippen LogP contribution in [0.15, 0.2) is 24.3 Å². The Kier molecular flexibility index (Phi) is 5.24. The number of benzene rings is 1. The first kappa shape index (κ1) is 16.3. The van der Waals surface area contributed by atoms with Crippen molar-refractivity contribution >= 4 is 10.0 Å². The van der Waals surface area contributed by atoms with Crippen molar-refractivity contribution in [2.75, 3.05) is 39.0 Å². The van der Waals surface area contributed by atoms with E-state index < -0.39 is 10.0 Å². The molecule has 1 heterocycles. The van der Waals surface area contributed by atoms with Gasteiger partial charge in [0.1, 0.15) is 5.75 Å². The van der Waals surface area contributed by atoms with E-state index in [1.54, 1.807) is 18.3 Å². The Balaban J connectivity index is 2.05. The Morgan fingerprint density at radius 1 is 1.19 bits per heavy atom. The monoisotopic (exact) mass is 312 g/mol. The SMILES string of the molecule is CCS(=O)(=O)N1CCN([C@H](C)c2ccccc2OC)CC1. The lowest BCUT2D eigenvalue weighted by atomic mass is 10.1. The third-order valence-electron chi connectivity index (χ3n) is 4.17. The van der Waals surface area contributed by atoms with Crippen molar-refractivity contribution in [3.63, 3.8) is 0 Å². The van der Waals surface area contributed by atoms with E-state index in [1.165, 1.54) is 0 Å². The summed E-state index contributed by atoms with van der Waals surface area (Å²) in [6.07, 6.45) is 0. The van der Waals surface area contributed by atoms with E-state index in [9.17, 15) is 8.42 Å². The molecule has 0 saturated carbocycles. The minimum atomic E-state index is -3.07. The van der Waals surface area contributed by atoms with Gasteiger partial charge in [-0.2, -0.15) is 4.31 Å². The fourth-order valence-corrected chi connectivity index (χ4v) is 3.84. The highest BCUT2D eigenvalue weighted by Gasteiger charge is 2.28. The summed E-state index contributed by atoms with van der Waals surface area (Å²) in [6.45, 7) is 6.46. The van der Waals surface area contributed by atoms with Crippen LogP contribution < -0.4 is 4.74 Å². The van der Waals surface area contributed by atoms with E-state index in [4.69, 9.17) is 4.74 Å². The first-order chi connectivity index (χ1) is 9.99. The molecule has 1 aliphatic heterocycles. The molecule has 6 heteroatoms. The molecule has 0 aliphatic carbocycles. The number of hydrogen-bond acceptors (Lipinski definition) is 4. The molecule has 5 nitrogen and oxygen atoms in total. The van der Waals surface area contributed by atoms with Gasteiger partial charge in [-0.1, -0.05) is 18.2 Å². The average molecular weight is 312 g/mol. The summed E-state index contributed by atoms with van der Waals surface area (Å²) in [4.78, 5) is 2.31. The number of nitrogens with zero attached hydrogens (tertiary/aromatic N) is 2. The Labute approximate surface area is 127 Å². The molecule has 0 aromatic heterocycles. The summed E-state index contributed by atoms with van der Waals surface area (Å²) < 4.78 is 30.8. The van der Waals surface area contributed by atoms with Crippen LogP contribution in [0.5, 0.6) is 5.75 Å². The predicted octanol–water partition coefficient (Wildman–Crippen LogP) is 1.72. The molecular formula is C15H24N2O3S. The molecule has 0 unspecified atom stereocenters. The van der Waals surface area contributed by atoms with E-state index in [-0.39, 0.29) is 11.8 Å². The number of sulfonamides is 1. The third kappa shape index (κ3) is 3.56. The van der Waals surface area contributed by atoms with Crippen molar-refractivity contribution in [2.45, 2.75) is 19.9 Å². The maximum absolute atomic E-state index is 11.9. The molecule has 1 saturated heterocycles. The molecule has 1 aliphatic rings. The van der Waals surface area contributed by atoms with E-state index in [1.807, 2.05) is 18.2 Å². The van der Waals surface area contributed by atoms with Gasteiger partial charge in [0, 0.05) is 37.8 Å². The highest BCUT2D eigenvalue weighted by atomic mass is 32.2. The van der Waals surface area contributed by atoms with Gasteiger partial charge in [0.2, 0.25) is 10.0 Å². The Morgan fingerprint density at radius 2 is 1.81 bits per heavy atom. The smallest absolute Gasteiger partial charge is 0.213 e. The molecular weight excluding hydrogens is 288 g/mol. The van der Waals surface area contributed by atoms with Crippen LogP contribution in [0, 0.1) is 0 Å². The van der Waals surface area contributed by atoms with Crippen LogP contribution in [0.2, 0.25) is 0 Å². The highest BCUT2D eigenvalue weighted by molar-refractivity contribution is 7.89. The molecule has 0 bridgehead atoms. The standard InChI is InChI=1S/C15H24N2O3S/c1-4-21(18,19)17-11-9-16(10-12-17)13(2)14-7-5-6-8-15(14)20-3/h5-8,13H,4,9-12H2,1-3H3/t13-/m1/s1. The van der Waals surface area contributed by atoms with Crippen molar-refractivity contribution in [2.24, 2.45) is 0 Å². The van der Waals surface area contributed by atoms with Crippen molar-refractivity contribution in [3.8, 4) is 5.75 Å². The summed E-state index contributed by atoms with van der Waals surface area (Å²) in [5.74, 6) is 1.06. The lowest BCUT2D eigenvalue weighted by Crippen LogP contribution is -2.49. The topological polar surface area (TPSA) is 49.9 Å². The zero-order valence-electron chi connectivity index (χ0n) is 12.9. The maximum Gasteiger partial charge on any atom is 0.213 e. The van der Waals surface area contributed by atoms with Crippen LogP contribution in [0.25, 0.3) is 0 Å². The second-order valence-electron chi connectivity index (χ2n) is 5.25. The molecule has 1 aromatic carbocycles. The van der Waals surface area contributed by atoms with E-state index in [2.05, 4.69) is 17.9 Å². The van der Waals surface area contributed by atoms with E-state index in [0.717, 1.165) is 24.4 Å². The largest absolute Gasteiger partial charge is 0.496 e. The molecule has 0 amide bonds. The molecule has 2 rings (SSSR count). The molecule has 0 spiro atoms. The highest BCUT2D eigenvalue weighted by Crippen LogP contribution is 2.29. The Morgan fingerprint density at radius 3 is 2.38 bits per heavy atom. The van der Waals surface area contributed by atoms with Crippen LogP contribution in [-0.4, -0.2) is 56.7 Å². The first-order valence-electron chi connectivity index (χ1n) is 7.34. The summed E-state index contributed by atoms with van der Waals surface area (Å²) in [6, 6.07) is 8.21. The summed E-state index contributed by atoms with van der Waals surface area (Å²) in [5.41, 5.74) is 1.15. The lowest BCUT2D eigenvalue weighted by Gasteiger charge is -2.37. The fourth-order valence-electron chi connectivity index (χ4n) is 2.76. The number of ether oxygens (including phenoxy) is 1. The number of methoxy groups -OCH3 is 1. The van der Waals surface area contributed by atoms with Gasteiger partial charge in [0.05, 0.1) is 12.9 Å². The van der Waals surface area contributed by atoms with Gasteiger partial charge in [-0.05, 0) is 19.9 Å². The van der Waals surface area contributed by atoms with Crippen LogP contribution in [0.1, 0.15) is 25.5 Å². The van der Waals surface area contributed by atoms with E-state index >= 15 is 0 Å². The van der Waals surface area contributed by atoms with Gasteiger partial charge in [0.15, 0.2) is 0 Å². The first-order valence-corrected chi connectivity index (χ1v) is 8.95. The van der Waals surface area contributed by atoms with Gasteiger partial charge in [0.25, 0.3) is 0 Å². The number of para-hydroxylation sites is 1. The molecule has 0 radical (unpaired) electrons. The van der Waals surface area contributed by atoms with Gasteiger partial charge in [-0.15, -0.1) is 0 Å². The minimum absolute atomic E-state index is 0.176. The minimum Gasteiger partial charge on any atom is -0.496 e.